The molecule has 1 aliphatic carbocycles. The number of carbonyl (C=O) groups excluding carboxylic acids is 1. The van der Waals surface area contributed by atoms with Gasteiger partial charge in [-0.3, -0.25) is 4.79 Å². The second-order valence-electron chi connectivity index (χ2n) is 5.82. The molecule has 1 unspecified atom stereocenters. The summed E-state index contributed by atoms with van der Waals surface area (Å²) in [6.07, 6.45) is 5.38. The number of hydrogen-bond acceptors (Lipinski definition) is 4. The second-order valence-corrected chi connectivity index (χ2v) is 5.82. The van der Waals surface area contributed by atoms with Crippen molar-refractivity contribution in [1.82, 2.24) is 0 Å². The fraction of sp³-hybridized carbons (Fsp3) is 0.500. The van der Waals surface area contributed by atoms with Crippen LogP contribution in [-0.4, -0.2) is 23.3 Å². The van der Waals surface area contributed by atoms with Crippen LogP contribution in [0, 0.1) is 0 Å². The van der Waals surface area contributed by atoms with E-state index in [1.54, 1.807) is 6.08 Å². The summed E-state index contributed by atoms with van der Waals surface area (Å²) in [5.41, 5.74) is -0.182. The lowest BCUT2D eigenvalue weighted by atomic mass is 9.78. The van der Waals surface area contributed by atoms with Gasteiger partial charge in [0.2, 0.25) is 0 Å². The minimum absolute atomic E-state index is 0.379. The molecule has 0 heterocycles. The van der Waals surface area contributed by atoms with Crippen molar-refractivity contribution < 1.29 is 19.4 Å². The number of carbonyl (C=O) groups is 1. The molecule has 22 heavy (non-hydrogen) atoms. The first-order chi connectivity index (χ1) is 10.5. The molecule has 0 saturated heterocycles. The first kappa shape index (κ1) is 16.6. The summed E-state index contributed by atoms with van der Waals surface area (Å²) in [4.78, 5) is 11.5. The highest BCUT2D eigenvalue weighted by atomic mass is 16.6. The lowest BCUT2D eigenvalue weighted by Gasteiger charge is -2.38. The third kappa shape index (κ3) is 4.10. The van der Waals surface area contributed by atoms with Crippen molar-refractivity contribution in [3.63, 3.8) is 0 Å². The standard InChI is InChI=1S/C18H24O4/c1-3-13-21-16-9-7-15(8-10-16)17(22-14(2)19)18(20)11-5-4-6-12-18/h3,7-10,17,20H,1,4-6,11-13H2,2H3. The van der Waals surface area contributed by atoms with Crippen LogP contribution in [0.4, 0.5) is 0 Å². The van der Waals surface area contributed by atoms with Crippen molar-refractivity contribution in [3.8, 4) is 5.75 Å². The number of rotatable bonds is 6. The largest absolute Gasteiger partial charge is 0.490 e. The highest BCUT2D eigenvalue weighted by Gasteiger charge is 2.41. The van der Waals surface area contributed by atoms with Crippen LogP contribution in [0.2, 0.25) is 0 Å². The predicted molar refractivity (Wildman–Crippen MR) is 84.7 cm³/mol. The molecule has 0 amide bonds. The molecule has 0 radical (unpaired) electrons. The summed E-state index contributed by atoms with van der Waals surface area (Å²) in [5.74, 6) is 0.344. The van der Waals surface area contributed by atoms with Crippen LogP contribution >= 0.6 is 0 Å². The fourth-order valence-corrected chi connectivity index (χ4v) is 2.97. The molecule has 4 heteroatoms. The summed E-state index contributed by atoms with van der Waals surface area (Å²) in [7, 11) is 0. The van der Waals surface area contributed by atoms with Crippen molar-refractivity contribution in [2.45, 2.75) is 50.7 Å². The van der Waals surface area contributed by atoms with Gasteiger partial charge in [-0.2, -0.15) is 0 Å². The van der Waals surface area contributed by atoms with Crippen molar-refractivity contribution in [2.75, 3.05) is 6.61 Å². The van der Waals surface area contributed by atoms with E-state index in [9.17, 15) is 9.90 Å². The van der Waals surface area contributed by atoms with Gasteiger partial charge in [0.1, 0.15) is 18.0 Å². The Morgan fingerprint density at radius 2 is 1.95 bits per heavy atom. The molecule has 0 bridgehead atoms. The Morgan fingerprint density at radius 3 is 2.50 bits per heavy atom. The predicted octanol–water partition coefficient (Wildman–Crippen LogP) is 3.55. The Hall–Kier alpha value is -1.81. The molecule has 1 aliphatic rings. The molecule has 1 aromatic rings. The van der Waals surface area contributed by atoms with E-state index in [4.69, 9.17) is 9.47 Å². The van der Waals surface area contributed by atoms with Crippen LogP contribution < -0.4 is 4.74 Å². The Bertz CT molecular complexity index is 500. The van der Waals surface area contributed by atoms with Gasteiger partial charge >= 0.3 is 5.97 Å². The maximum absolute atomic E-state index is 11.5. The molecular weight excluding hydrogens is 280 g/mol. The molecule has 4 nitrogen and oxygen atoms in total. The highest BCUT2D eigenvalue weighted by molar-refractivity contribution is 5.66. The fourth-order valence-electron chi connectivity index (χ4n) is 2.97. The number of benzene rings is 1. The van der Waals surface area contributed by atoms with E-state index in [1.165, 1.54) is 6.92 Å². The Balaban J connectivity index is 2.20. The van der Waals surface area contributed by atoms with Gasteiger partial charge in [0, 0.05) is 6.92 Å². The average Bonchev–Trinajstić information content (AvgIpc) is 2.52. The van der Waals surface area contributed by atoms with E-state index in [0.29, 0.717) is 19.4 Å². The maximum Gasteiger partial charge on any atom is 0.303 e. The normalized spacial score (nSPS) is 18.3. The van der Waals surface area contributed by atoms with Crippen LogP contribution in [0.3, 0.4) is 0 Å². The third-order valence-corrected chi connectivity index (χ3v) is 4.04. The van der Waals surface area contributed by atoms with Crippen molar-refractivity contribution in [1.29, 1.82) is 0 Å². The van der Waals surface area contributed by atoms with Crippen molar-refractivity contribution >= 4 is 5.97 Å². The number of hydrogen-bond donors (Lipinski definition) is 1. The van der Waals surface area contributed by atoms with Crippen LogP contribution in [0.15, 0.2) is 36.9 Å². The van der Waals surface area contributed by atoms with Gasteiger partial charge in [-0.25, -0.2) is 0 Å². The molecule has 2 rings (SSSR count). The second kappa shape index (κ2) is 7.45. The van der Waals surface area contributed by atoms with E-state index < -0.39 is 11.7 Å². The summed E-state index contributed by atoms with van der Waals surface area (Å²) in [5, 5.41) is 10.9. The van der Waals surface area contributed by atoms with Gasteiger partial charge in [0.25, 0.3) is 0 Å². The topological polar surface area (TPSA) is 55.8 Å². The van der Waals surface area contributed by atoms with E-state index in [2.05, 4.69) is 6.58 Å². The van der Waals surface area contributed by atoms with Gasteiger partial charge in [-0.15, -0.1) is 0 Å². The van der Waals surface area contributed by atoms with Gasteiger partial charge in [-0.1, -0.05) is 44.1 Å². The quantitative estimate of drug-likeness (QED) is 0.645. The minimum Gasteiger partial charge on any atom is -0.490 e. The van der Waals surface area contributed by atoms with Gasteiger partial charge in [-0.05, 0) is 30.5 Å². The zero-order valence-corrected chi connectivity index (χ0v) is 13.1. The molecule has 1 saturated carbocycles. The van der Waals surface area contributed by atoms with Crippen LogP contribution in [0.5, 0.6) is 5.75 Å². The summed E-state index contributed by atoms with van der Waals surface area (Å²) in [6.45, 7) is 5.43. The number of aliphatic hydroxyl groups is 1. The monoisotopic (exact) mass is 304 g/mol. The van der Waals surface area contributed by atoms with Crippen molar-refractivity contribution in [2.24, 2.45) is 0 Å². The Morgan fingerprint density at radius 1 is 1.32 bits per heavy atom. The maximum atomic E-state index is 11.5. The smallest absolute Gasteiger partial charge is 0.303 e. The molecule has 1 N–H and O–H groups in total. The lowest BCUT2D eigenvalue weighted by Crippen LogP contribution is -2.40. The minimum atomic E-state index is -0.979. The SMILES string of the molecule is C=CCOc1ccc(C(OC(C)=O)C2(O)CCCCC2)cc1. The molecule has 0 aromatic heterocycles. The first-order valence-electron chi connectivity index (χ1n) is 7.78. The van der Waals surface area contributed by atoms with Crippen LogP contribution in [-0.2, 0) is 9.53 Å². The van der Waals surface area contributed by atoms with Gasteiger partial charge < -0.3 is 14.6 Å². The molecular formula is C18H24O4. The molecule has 0 spiro atoms. The Kier molecular flexibility index (Phi) is 5.61. The van der Waals surface area contributed by atoms with Gasteiger partial charge in [0.05, 0.1) is 0 Å². The molecule has 1 fully saturated rings. The van der Waals surface area contributed by atoms with E-state index in [-0.39, 0.29) is 5.97 Å². The van der Waals surface area contributed by atoms with Gasteiger partial charge in [0.15, 0.2) is 6.10 Å². The number of ether oxygens (including phenoxy) is 2. The highest BCUT2D eigenvalue weighted by Crippen LogP contribution is 2.41. The Labute approximate surface area is 131 Å². The molecule has 0 aliphatic heterocycles. The third-order valence-electron chi connectivity index (χ3n) is 4.04. The molecule has 1 aromatic carbocycles. The van der Waals surface area contributed by atoms with E-state index in [0.717, 1.165) is 30.6 Å². The average molecular weight is 304 g/mol. The summed E-state index contributed by atoms with van der Waals surface area (Å²) in [6, 6.07) is 7.33. The lowest BCUT2D eigenvalue weighted by molar-refractivity contribution is -0.168. The van der Waals surface area contributed by atoms with E-state index >= 15 is 0 Å². The summed E-state index contributed by atoms with van der Waals surface area (Å²) < 4.78 is 10.9. The molecule has 1 atom stereocenters. The zero-order valence-electron chi connectivity index (χ0n) is 13.1. The first-order valence-corrected chi connectivity index (χ1v) is 7.78. The van der Waals surface area contributed by atoms with Crippen LogP contribution in [0.25, 0.3) is 0 Å². The van der Waals surface area contributed by atoms with Crippen molar-refractivity contribution in [3.05, 3.63) is 42.5 Å². The van der Waals surface area contributed by atoms with E-state index in [1.807, 2.05) is 24.3 Å². The molecule has 120 valence electrons. The van der Waals surface area contributed by atoms with Crippen LogP contribution in [0.1, 0.15) is 50.7 Å². The zero-order chi connectivity index (χ0) is 16.0. The number of esters is 1. The summed E-state index contributed by atoms with van der Waals surface area (Å²) >= 11 is 0.